The van der Waals surface area contributed by atoms with Crippen LogP contribution in [-0.2, 0) is 4.79 Å². The van der Waals surface area contributed by atoms with Crippen molar-refractivity contribution in [3.8, 4) is 0 Å². The SMILES string of the molecule is CN(CC(=O)N1CCCCC1)c1nc2ccccc2s1. The Morgan fingerprint density at radius 2 is 2.05 bits per heavy atom. The summed E-state index contributed by atoms with van der Waals surface area (Å²) in [5, 5.41) is 0.913. The van der Waals surface area contributed by atoms with Crippen molar-refractivity contribution in [2.24, 2.45) is 0 Å². The second-order valence-corrected chi connectivity index (χ2v) is 6.27. The second kappa shape index (κ2) is 5.79. The summed E-state index contributed by atoms with van der Waals surface area (Å²) in [5.41, 5.74) is 1.00. The molecule has 0 unspecified atom stereocenters. The average Bonchev–Trinajstić information content (AvgIpc) is 2.92. The minimum atomic E-state index is 0.214. The number of hydrogen-bond acceptors (Lipinski definition) is 4. The number of thiazole rings is 1. The maximum absolute atomic E-state index is 12.3. The van der Waals surface area contributed by atoms with Crippen LogP contribution in [0.3, 0.4) is 0 Å². The molecule has 1 aromatic heterocycles. The van der Waals surface area contributed by atoms with E-state index >= 15 is 0 Å². The lowest BCUT2D eigenvalue weighted by atomic mass is 10.1. The highest BCUT2D eigenvalue weighted by molar-refractivity contribution is 7.22. The monoisotopic (exact) mass is 289 g/mol. The Morgan fingerprint density at radius 3 is 2.80 bits per heavy atom. The van der Waals surface area contributed by atoms with E-state index in [4.69, 9.17) is 0 Å². The molecular formula is C15H19N3OS. The number of nitrogens with zero attached hydrogens (tertiary/aromatic N) is 3. The summed E-state index contributed by atoms with van der Waals surface area (Å²) in [7, 11) is 1.94. The molecule has 0 spiro atoms. The van der Waals surface area contributed by atoms with Gasteiger partial charge in [-0.15, -0.1) is 0 Å². The Hall–Kier alpha value is -1.62. The zero-order valence-corrected chi connectivity index (χ0v) is 12.5. The van der Waals surface area contributed by atoms with Crippen molar-refractivity contribution in [3.63, 3.8) is 0 Å². The number of aromatic nitrogens is 1. The van der Waals surface area contributed by atoms with Gasteiger partial charge >= 0.3 is 0 Å². The van der Waals surface area contributed by atoms with Gasteiger partial charge in [-0.1, -0.05) is 23.5 Å². The Kier molecular flexibility index (Phi) is 3.87. The highest BCUT2D eigenvalue weighted by atomic mass is 32.1. The van der Waals surface area contributed by atoms with Crippen molar-refractivity contribution in [1.29, 1.82) is 0 Å². The first kappa shape index (κ1) is 13.4. The Morgan fingerprint density at radius 1 is 1.30 bits per heavy atom. The van der Waals surface area contributed by atoms with Gasteiger partial charge in [0.25, 0.3) is 0 Å². The molecule has 1 fully saturated rings. The van der Waals surface area contributed by atoms with Crippen molar-refractivity contribution in [3.05, 3.63) is 24.3 Å². The molecule has 1 saturated heterocycles. The minimum Gasteiger partial charge on any atom is -0.342 e. The average molecular weight is 289 g/mol. The lowest BCUT2D eigenvalue weighted by molar-refractivity contribution is -0.130. The standard InChI is InChI=1S/C15H19N3OS/c1-17(11-14(19)18-9-5-2-6-10-18)15-16-12-7-3-4-8-13(12)20-15/h3-4,7-8H,2,5-6,9-11H2,1H3. The summed E-state index contributed by atoms with van der Waals surface area (Å²) in [6.45, 7) is 2.23. The van der Waals surface area contributed by atoms with Crippen molar-refractivity contribution in [2.75, 3.05) is 31.6 Å². The molecule has 0 bridgehead atoms. The molecule has 5 heteroatoms. The predicted molar refractivity (Wildman–Crippen MR) is 83.3 cm³/mol. The van der Waals surface area contributed by atoms with E-state index in [1.165, 1.54) is 11.1 Å². The number of likely N-dealkylation sites (N-methyl/N-ethyl adjacent to an activating group) is 1. The van der Waals surface area contributed by atoms with Gasteiger partial charge in [-0.25, -0.2) is 4.98 Å². The zero-order valence-electron chi connectivity index (χ0n) is 11.7. The number of amides is 1. The highest BCUT2D eigenvalue weighted by Gasteiger charge is 2.19. The third kappa shape index (κ3) is 2.77. The van der Waals surface area contributed by atoms with Crippen LogP contribution in [0.4, 0.5) is 5.13 Å². The van der Waals surface area contributed by atoms with Crippen LogP contribution < -0.4 is 4.90 Å². The number of carbonyl (C=O) groups is 1. The van der Waals surface area contributed by atoms with Crippen LogP contribution in [0.25, 0.3) is 10.2 Å². The van der Waals surface area contributed by atoms with Crippen LogP contribution >= 0.6 is 11.3 Å². The van der Waals surface area contributed by atoms with Gasteiger partial charge in [0.05, 0.1) is 16.8 Å². The van der Waals surface area contributed by atoms with Crippen molar-refractivity contribution >= 4 is 32.6 Å². The molecule has 0 N–H and O–H groups in total. The summed E-state index contributed by atoms with van der Waals surface area (Å²) >= 11 is 1.64. The molecule has 0 aliphatic carbocycles. The topological polar surface area (TPSA) is 36.4 Å². The number of para-hydroxylation sites is 1. The predicted octanol–water partition coefficient (Wildman–Crippen LogP) is 2.75. The first-order valence-corrected chi connectivity index (χ1v) is 7.90. The quantitative estimate of drug-likeness (QED) is 0.872. The summed E-state index contributed by atoms with van der Waals surface area (Å²) in [5.74, 6) is 0.214. The van der Waals surface area contributed by atoms with Gasteiger partial charge in [0, 0.05) is 20.1 Å². The van der Waals surface area contributed by atoms with Gasteiger partial charge in [-0.05, 0) is 31.4 Å². The fraction of sp³-hybridized carbons (Fsp3) is 0.467. The summed E-state index contributed by atoms with van der Waals surface area (Å²) < 4.78 is 1.17. The normalized spacial score (nSPS) is 15.6. The van der Waals surface area contributed by atoms with Gasteiger partial charge < -0.3 is 9.80 Å². The molecule has 1 aliphatic rings. The number of benzene rings is 1. The maximum atomic E-state index is 12.3. The van der Waals surface area contributed by atoms with Gasteiger partial charge in [-0.3, -0.25) is 4.79 Å². The van der Waals surface area contributed by atoms with E-state index in [-0.39, 0.29) is 5.91 Å². The molecule has 3 rings (SSSR count). The molecule has 0 saturated carbocycles. The van der Waals surface area contributed by atoms with Gasteiger partial charge in [0.2, 0.25) is 5.91 Å². The number of anilines is 1. The van der Waals surface area contributed by atoms with E-state index < -0.39 is 0 Å². The Bertz CT molecular complexity index is 571. The number of fused-ring (bicyclic) bond motifs is 1. The smallest absolute Gasteiger partial charge is 0.242 e. The number of likely N-dealkylation sites (tertiary alicyclic amines) is 1. The molecule has 1 aliphatic heterocycles. The van der Waals surface area contributed by atoms with E-state index in [0.29, 0.717) is 6.54 Å². The second-order valence-electron chi connectivity index (χ2n) is 5.26. The molecule has 1 aromatic carbocycles. The number of rotatable bonds is 3. The third-order valence-electron chi connectivity index (χ3n) is 3.69. The zero-order chi connectivity index (χ0) is 13.9. The lowest BCUT2D eigenvalue weighted by Gasteiger charge is -2.28. The highest BCUT2D eigenvalue weighted by Crippen LogP contribution is 2.27. The molecule has 20 heavy (non-hydrogen) atoms. The van der Waals surface area contributed by atoms with Gasteiger partial charge in [0.1, 0.15) is 0 Å². The van der Waals surface area contributed by atoms with Crippen molar-refractivity contribution in [1.82, 2.24) is 9.88 Å². The molecule has 0 atom stereocenters. The third-order valence-corrected chi connectivity index (χ3v) is 4.84. The van der Waals surface area contributed by atoms with E-state index in [1.807, 2.05) is 35.0 Å². The molecule has 2 heterocycles. The summed E-state index contributed by atoms with van der Waals surface area (Å²) in [6, 6.07) is 8.08. The lowest BCUT2D eigenvalue weighted by Crippen LogP contribution is -2.41. The van der Waals surface area contributed by atoms with Crippen LogP contribution in [0.5, 0.6) is 0 Å². The van der Waals surface area contributed by atoms with Crippen LogP contribution in [-0.4, -0.2) is 42.5 Å². The summed E-state index contributed by atoms with van der Waals surface area (Å²) in [6.07, 6.45) is 3.52. The fourth-order valence-electron chi connectivity index (χ4n) is 2.54. The molecular weight excluding hydrogens is 270 g/mol. The van der Waals surface area contributed by atoms with Gasteiger partial charge in [0.15, 0.2) is 5.13 Å². The first-order valence-electron chi connectivity index (χ1n) is 7.08. The van der Waals surface area contributed by atoms with Crippen LogP contribution in [0, 0.1) is 0 Å². The van der Waals surface area contributed by atoms with Crippen molar-refractivity contribution < 1.29 is 4.79 Å². The first-order chi connectivity index (χ1) is 9.74. The van der Waals surface area contributed by atoms with Crippen LogP contribution in [0.2, 0.25) is 0 Å². The van der Waals surface area contributed by atoms with Gasteiger partial charge in [-0.2, -0.15) is 0 Å². The Balaban J connectivity index is 1.68. The Labute approximate surface area is 123 Å². The number of hydrogen-bond donors (Lipinski definition) is 0. The van der Waals surface area contributed by atoms with E-state index in [1.54, 1.807) is 11.3 Å². The number of piperidine rings is 1. The summed E-state index contributed by atoms with van der Waals surface area (Å²) in [4.78, 5) is 20.8. The van der Waals surface area contributed by atoms with E-state index in [0.717, 1.165) is 36.6 Å². The maximum Gasteiger partial charge on any atom is 0.242 e. The van der Waals surface area contributed by atoms with E-state index in [2.05, 4.69) is 11.1 Å². The van der Waals surface area contributed by atoms with Crippen molar-refractivity contribution in [2.45, 2.75) is 19.3 Å². The minimum absolute atomic E-state index is 0.214. The molecule has 2 aromatic rings. The number of carbonyl (C=O) groups excluding carboxylic acids is 1. The van der Waals surface area contributed by atoms with Crippen LogP contribution in [0.1, 0.15) is 19.3 Å². The molecule has 4 nitrogen and oxygen atoms in total. The van der Waals surface area contributed by atoms with E-state index in [9.17, 15) is 4.79 Å². The molecule has 0 radical (unpaired) electrons. The molecule has 106 valence electrons. The van der Waals surface area contributed by atoms with Crippen LogP contribution in [0.15, 0.2) is 24.3 Å². The fourth-order valence-corrected chi connectivity index (χ4v) is 3.46. The largest absolute Gasteiger partial charge is 0.342 e. The molecule has 1 amide bonds.